The van der Waals surface area contributed by atoms with Crippen LogP contribution < -0.4 is 5.32 Å². The lowest BCUT2D eigenvalue weighted by atomic mass is 10.1. The molecule has 70 valence electrons. The molecule has 2 nitrogen and oxygen atoms in total. The maximum atomic E-state index is 3.46. The zero-order valence-corrected chi connectivity index (χ0v) is 8.10. The van der Waals surface area contributed by atoms with Crippen molar-refractivity contribution in [1.82, 2.24) is 10.2 Å². The van der Waals surface area contributed by atoms with E-state index in [1.54, 1.807) is 0 Å². The minimum absolute atomic E-state index is 0.525. The molecular weight excluding hydrogens is 148 g/mol. The molecule has 1 saturated heterocycles. The van der Waals surface area contributed by atoms with E-state index in [2.05, 4.69) is 17.3 Å². The van der Waals surface area contributed by atoms with E-state index in [0.717, 1.165) is 0 Å². The summed E-state index contributed by atoms with van der Waals surface area (Å²) < 4.78 is 0. The van der Waals surface area contributed by atoms with Gasteiger partial charge in [0.15, 0.2) is 0 Å². The van der Waals surface area contributed by atoms with Gasteiger partial charge in [0.2, 0.25) is 0 Å². The van der Waals surface area contributed by atoms with Crippen LogP contribution >= 0.6 is 0 Å². The van der Waals surface area contributed by atoms with Gasteiger partial charge >= 0.3 is 0 Å². The molecule has 12 heavy (non-hydrogen) atoms. The molecule has 2 rings (SSSR count). The monoisotopic (exact) mass is 168 g/mol. The first kappa shape index (κ1) is 8.52. The highest BCUT2D eigenvalue weighted by Crippen LogP contribution is 2.36. The normalized spacial score (nSPS) is 28.8. The third-order valence-electron chi connectivity index (χ3n) is 3.36. The van der Waals surface area contributed by atoms with Gasteiger partial charge in [0, 0.05) is 12.1 Å². The van der Waals surface area contributed by atoms with Crippen LogP contribution in [0, 0.1) is 0 Å². The summed E-state index contributed by atoms with van der Waals surface area (Å²) in [7, 11) is 2.11. The van der Waals surface area contributed by atoms with Crippen molar-refractivity contribution < 1.29 is 0 Å². The lowest BCUT2D eigenvalue weighted by Crippen LogP contribution is -2.43. The standard InChI is InChI=1S/C10H20N2/c1-11-10(5-6-10)9-12-7-3-2-4-8-12/h11H,2-9H2,1H3. The van der Waals surface area contributed by atoms with Gasteiger partial charge in [-0.2, -0.15) is 0 Å². The molecule has 0 aromatic carbocycles. The molecule has 0 unspecified atom stereocenters. The van der Waals surface area contributed by atoms with Gasteiger partial charge in [-0.05, 0) is 45.8 Å². The van der Waals surface area contributed by atoms with E-state index >= 15 is 0 Å². The largest absolute Gasteiger partial charge is 0.313 e. The molecular formula is C10H20N2. The number of nitrogens with zero attached hydrogens (tertiary/aromatic N) is 1. The van der Waals surface area contributed by atoms with Crippen LogP contribution in [-0.4, -0.2) is 37.1 Å². The van der Waals surface area contributed by atoms with E-state index in [1.165, 1.54) is 51.7 Å². The van der Waals surface area contributed by atoms with Crippen molar-refractivity contribution in [2.24, 2.45) is 0 Å². The molecule has 1 aliphatic heterocycles. The van der Waals surface area contributed by atoms with Crippen LogP contribution in [0.25, 0.3) is 0 Å². The quantitative estimate of drug-likeness (QED) is 0.681. The molecule has 0 spiro atoms. The van der Waals surface area contributed by atoms with E-state index in [1.807, 2.05) is 0 Å². The fourth-order valence-electron chi connectivity index (χ4n) is 2.18. The van der Waals surface area contributed by atoms with Crippen LogP contribution in [-0.2, 0) is 0 Å². The number of likely N-dealkylation sites (N-methyl/N-ethyl adjacent to an activating group) is 1. The predicted molar refractivity (Wildman–Crippen MR) is 51.3 cm³/mol. The van der Waals surface area contributed by atoms with Crippen molar-refractivity contribution >= 4 is 0 Å². The third-order valence-corrected chi connectivity index (χ3v) is 3.36. The summed E-state index contributed by atoms with van der Waals surface area (Å²) >= 11 is 0. The van der Waals surface area contributed by atoms with E-state index in [4.69, 9.17) is 0 Å². The average Bonchev–Trinajstić information content (AvgIpc) is 2.88. The van der Waals surface area contributed by atoms with Gasteiger partial charge < -0.3 is 10.2 Å². The van der Waals surface area contributed by atoms with Crippen LogP contribution in [0.4, 0.5) is 0 Å². The number of likely N-dealkylation sites (tertiary alicyclic amines) is 1. The van der Waals surface area contributed by atoms with E-state index in [-0.39, 0.29) is 0 Å². The Balaban J connectivity index is 1.77. The number of piperidine rings is 1. The van der Waals surface area contributed by atoms with Crippen LogP contribution in [0.3, 0.4) is 0 Å². The fraction of sp³-hybridized carbons (Fsp3) is 1.00. The zero-order valence-electron chi connectivity index (χ0n) is 8.10. The number of nitrogens with one attached hydrogen (secondary N) is 1. The second-order valence-electron chi connectivity index (χ2n) is 4.37. The average molecular weight is 168 g/mol. The van der Waals surface area contributed by atoms with Crippen molar-refractivity contribution in [3.05, 3.63) is 0 Å². The first-order chi connectivity index (χ1) is 5.85. The van der Waals surface area contributed by atoms with E-state index in [9.17, 15) is 0 Å². The number of hydrogen-bond acceptors (Lipinski definition) is 2. The van der Waals surface area contributed by atoms with Crippen molar-refractivity contribution in [2.75, 3.05) is 26.7 Å². The SMILES string of the molecule is CNC1(CN2CCCCC2)CC1. The molecule has 1 N–H and O–H groups in total. The van der Waals surface area contributed by atoms with Crippen LogP contribution in [0.5, 0.6) is 0 Å². The van der Waals surface area contributed by atoms with Crippen molar-refractivity contribution in [1.29, 1.82) is 0 Å². The summed E-state index contributed by atoms with van der Waals surface area (Å²) in [6.45, 7) is 3.97. The Hall–Kier alpha value is -0.0800. The Morgan fingerprint density at radius 1 is 1.17 bits per heavy atom. The van der Waals surface area contributed by atoms with Gasteiger partial charge in [-0.25, -0.2) is 0 Å². The molecule has 2 fully saturated rings. The summed E-state index contributed by atoms with van der Waals surface area (Å²) in [6, 6.07) is 0. The summed E-state index contributed by atoms with van der Waals surface area (Å²) in [5, 5.41) is 3.46. The third kappa shape index (κ3) is 1.80. The first-order valence-electron chi connectivity index (χ1n) is 5.26. The molecule has 1 heterocycles. The topological polar surface area (TPSA) is 15.3 Å². The van der Waals surface area contributed by atoms with Crippen LogP contribution in [0.15, 0.2) is 0 Å². The molecule has 2 aliphatic rings. The molecule has 0 amide bonds. The Kier molecular flexibility index (Phi) is 2.37. The summed E-state index contributed by atoms with van der Waals surface area (Å²) in [5.41, 5.74) is 0.525. The molecule has 0 aromatic rings. The zero-order chi connectivity index (χ0) is 8.44. The summed E-state index contributed by atoms with van der Waals surface area (Å²) in [6.07, 6.45) is 7.06. The molecule has 0 bridgehead atoms. The first-order valence-corrected chi connectivity index (χ1v) is 5.26. The van der Waals surface area contributed by atoms with Gasteiger partial charge in [0.25, 0.3) is 0 Å². The Bertz CT molecular complexity index is 146. The second kappa shape index (κ2) is 3.35. The summed E-state index contributed by atoms with van der Waals surface area (Å²) in [5.74, 6) is 0. The predicted octanol–water partition coefficient (Wildman–Crippen LogP) is 1.22. The Labute approximate surface area is 75.3 Å². The van der Waals surface area contributed by atoms with Gasteiger partial charge in [-0.15, -0.1) is 0 Å². The lowest BCUT2D eigenvalue weighted by Gasteiger charge is -2.30. The maximum absolute atomic E-state index is 3.46. The maximum Gasteiger partial charge on any atom is 0.0307 e. The number of rotatable bonds is 3. The van der Waals surface area contributed by atoms with Gasteiger partial charge in [0.1, 0.15) is 0 Å². The highest BCUT2D eigenvalue weighted by atomic mass is 15.2. The van der Waals surface area contributed by atoms with E-state index in [0.29, 0.717) is 5.54 Å². The van der Waals surface area contributed by atoms with E-state index < -0.39 is 0 Å². The Morgan fingerprint density at radius 2 is 1.83 bits per heavy atom. The minimum atomic E-state index is 0.525. The van der Waals surface area contributed by atoms with Gasteiger partial charge in [0.05, 0.1) is 0 Å². The number of hydrogen-bond donors (Lipinski definition) is 1. The lowest BCUT2D eigenvalue weighted by molar-refractivity contribution is 0.201. The minimum Gasteiger partial charge on any atom is -0.313 e. The van der Waals surface area contributed by atoms with Crippen molar-refractivity contribution in [2.45, 2.75) is 37.6 Å². The van der Waals surface area contributed by atoms with Crippen molar-refractivity contribution in [3.8, 4) is 0 Å². The molecule has 0 aromatic heterocycles. The molecule has 0 radical (unpaired) electrons. The molecule has 0 atom stereocenters. The molecule has 1 saturated carbocycles. The second-order valence-corrected chi connectivity index (χ2v) is 4.37. The van der Waals surface area contributed by atoms with Crippen LogP contribution in [0.2, 0.25) is 0 Å². The van der Waals surface area contributed by atoms with Gasteiger partial charge in [-0.3, -0.25) is 0 Å². The molecule has 2 heteroatoms. The molecule has 1 aliphatic carbocycles. The van der Waals surface area contributed by atoms with Crippen LogP contribution in [0.1, 0.15) is 32.1 Å². The smallest absolute Gasteiger partial charge is 0.0307 e. The Morgan fingerprint density at radius 3 is 2.33 bits per heavy atom. The summed E-state index contributed by atoms with van der Waals surface area (Å²) in [4.78, 5) is 2.63. The highest BCUT2D eigenvalue weighted by Gasteiger charge is 2.42. The fourth-order valence-corrected chi connectivity index (χ4v) is 2.18. The highest BCUT2D eigenvalue weighted by molar-refractivity contribution is 5.03. The van der Waals surface area contributed by atoms with Crippen molar-refractivity contribution in [3.63, 3.8) is 0 Å². The van der Waals surface area contributed by atoms with Gasteiger partial charge in [-0.1, -0.05) is 6.42 Å².